The van der Waals surface area contributed by atoms with Gasteiger partial charge in [-0.15, -0.1) is 21.5 Å². The highest BCUT2D eigenvalue weighted by atomic mass is 32.1. The van der Waals surface area contributed by atoms with Gasteiger partial charge in [-0.1, -0.05) is 0 Å². The van der Waals surface area contributed by atoms with Gasteiger partial charge in [0.1, 0.15) is 12.0 Å². The molecule has 0 aromatic carbocycles. The first-order valence-corrected chi connectivity index (χ1v) is 8.62. The van der Waals surface area contributed by atoms with Crippen molar-refractivity contribution in [2.24, 2.45) is 0 Å². The standard InChI is InChI=1S/C15H18N6O3S/c1-10(13-19-16-9-20(13)4-3-6-24-2)17-14(23)11-8-12(22)18-15-21(11)5-7-25-15/h5,7-10H,3-4,6H2,1-2H3,(H,17,23). The molecule has 0 aliphatic carbocycles. The lowest BCUT2D eigenvalue weighted by Crippen LogP contribution is -2.31. The Balaban J connectivity index is 1.78. The van der Waals surface area contributed by atoms with E-state index < -0.39 is 5.56 Å². The maximum atomic E-state index is 12.6. The van der Waals surface area contributed by atoms with Gasteiger partial charge in [-0.25, -0.2) is 0 Å². The van der Waals surface area contributed by atoms with Crippen molar-refractivity contribution in [2.75, 3.05) is 13.7 Å². The Morgan fingerprint density at radius 2 is 2.32 bits per heavy atom. The minimum absolute atomic E-state index is 0.244. The number of methoxy groups -OCH3 is 1. The van der Waals surface area contributed by atoms with Gasteiger partial charge in [-0.05, 0) is 13.3 Å². The summed E-state index contributed by atoms with van der Waals surface area (Å²) in [6.07, 6.45) is 4.15. The van der Waals surface area contributed by atoms with E-state index >= 15 is 0 Å². The Morgan fingerprint density at radius 1 is 1.48 bits per heavy atom. The van der Waals surface area contributed by atoms with Crippen LogP contribution in [-0.4, -0.2) is 43.8 Å². The number of nitrogens with one attached hydrogen (secondary N) is 1. The van der Waals surface area contributed by atoms with Crippen LogP contribution in [0.2, 0.25) is 0 Å². The Hall–Kier alpha value is -2.59. The third kappa shape index (κ3) is 3.74. The molecule has 3 aromatic rings. The van der Waals surface area contributed by atoms with E-state index in [0.29, 0.717) is 23.9 Å². The van der Waals surface area contributed by atoms with Gasteiger partial charge in [0.25, 0.3) is 11.5 Å². The predicted molar refractivity (Wildman–Crippen MR) is 91.7 cm³/mol. The Bertz CT molecular complexity index is 931. The molecule has 0 radical (unpaired) electrons. The first-order valence-electron chi connectivity index (χ1n) is 7.74. The largest absolute Gasteiger partial charge is 0.385 e. The van der Waals surface area contributed by atoms with Crippen LogP contribution in [0, 0.1) is 0 Å². The SMILES string of the molecule is COCCCn1cnnc1C(C)NC(=O)c1cc(=O)nc2sccn12. The summed E-state index contributed by atoms with van der Waals surface area (Å²) in [6, 6.07) is 0.862. The summed E-state index contributed by atoms with van der Waals surface area (Å²) in [6.45, 7) is 3.15. The van der Waals surface area contributed by atoms with Crippen LogP contribution in [0.25, 0.3) is 4.96 Å². The fourth-order valence-electron chi connectivity index (χ4n) is 2.51. The number of amides is 1. The minimum atomic E-state index is -0.442. The molecule has 25 heavy (non-hydrogen) atoms. The van der Waals surface area contributed by atoms with Crippen molar-refractivity contribution in [3.05, 3.63) is 45.8 Å². The van der Waals surface area contributed by atoms with Crippen LogP contribution in [0.3, 0.4) is 0 Å². The first-order chi connectivity index (χ1) is 12.1. The van der Waals surface area contributed by atoms with E-state index in [9.17, 15) is 9.59 Å². The zero-order chi connectivity index (χ0) is 17.8. The van der Waals surface area contributed by atoms with Gasteiger partial charge < -0.3 is 14.6 Å². The van der Waals surface area contributed by atoms with Crippen molar-refractivity contribution in [1.29, 1.82) is 0 Å². The molecule has 1 amide bonds. The molecule has 0 bridgehead atoms. The molecule has 132 valence electrons. The summed E-state index contributed by atoms with van der Waals surface area (Å²) in [4.78, 5) is 28.7. The molecular weight excluding hydrogens is 344 g/mol. The van der Waals surface area contributed by atoms with Gasteiger partial charge in [0.15, 0.2) is 10.8 Å². The number of hydrogen-bond donors (Lipinski definition) is 1. The molecule has 0 saturated heterocycles. The molecular formula is C15H18N6O3S. The number of fused-ring (bicyclic) bond motifs is 1. The zero-order valence-electron chi connectivity index (χ0n) is 13.9. The smallest absolute Gasteiger partial charge is 0.274 e. The molecule has 0 aliphatic rings. The fraction of sp³-hybridized carbons (Fsp3) is 0.400. The van der Waals surface area contributed by atoms with Crippen molar-refractivity contribution in [3.8, 4) is 0 Å². The summed E-state index contributed by atoms with van der Waals surface area (Å²) in [5.41, 5.74) is -0.198. The first kappa shape index (κ1) is 17.2. The number of nitrogens with zero attached hydrogens (tertiary/aromatic N) is 5. The van der Waals surface area contributed by atoms with Crippen molar-refractivity contribution >= 4 is 22.2 Å². The van der Waals surface area contributed by atoms with Crippen molar-refractivity contribution in [3.63, 3.8) is 0 Å². The highest BCUT2D eigenvalue weighted by molar-refractivity contribution is 7.15. The number of carbonyl (C=O) groups is 1. The van der Waals surface area contributed by atoms with Gasteiger partial charge in [-0.3, -0.25) is 14.0 Å². The lowest BCUT2D eigenvalue weighted by Gasteiger charge is -2.15. The second kappa shape index (κ2) is 7.53. The number of hydrogen-bond acceptors (Lipinski definition) is 7. The monoisotopic (exact) mass is 362 g/mol. The number of aryl methyl sites for hydroxylation is 1. The molecule has 1 unspecified atom stereocenters. The Labute approximate surface area is 147 Å². The van der Waals surface area contributed by atoms with E-state index in [1.54, 1.807) is 29.4 Å². The predicted octanol–water partition coefficient (Wildman–Crippen LogP) is 0.875. The van der Waals surface area contributed by atoms with E-state index in [-0.39, 0.29) is 17.6 Å². The Morgan fingerprint density at radius 3 is 3.12 bits per heavy atom. The molecule has 0 fully saturated rings. The fourth-order valence-corrected chi connectivity index (χ4v) is 3.23. The maximum Gasteiger partial charge on any atom is 0.274 e. The number of ether oxygens (including phenoxy) is 1. The number of rotatable bonds is 7. The summed E-state index contributed by atoms with van der Waals surface area (Å²) in [5, 5.41) is 12.6. The quantitative estimate of drug-likeness (QED) is 0.626. The molecule has 1 N–H and O–H groups in total. The second-order valence-corrected chi connectivity index (χ2v) is 6.33. The van der Waals surface area contributed by atoms with Crippen LogP contribution in [-0.2, 0) is 11.3 Å². The summed E-state index contributed by atoms with van der Waals surface area (Å²) >= 11 is 1.30. The highest BCUT2D eigenvalue weighted by Gasteiger charge is 2.19. The van der Waals surface area contributed by atoms with Gasteiger partial charge in [0.05, 0.1) is 6.04 Å². The summed E-state index contributed by atoms with van der Waals surface area (Å²) in [5.74, 6) is 0.277. The van der Waals surface area contributed by atoms with Crippen LogP contribution < -0.4 is 10.9 Å². The Kier molecular flexibility index (Phi) is 5.19. The topological polar surface area (TPSA) is 103 Å². The van der Waals surface area contributed by atoms with Gasteiger partial charge in [-0.2, -0.15) is 4.98 Å². The molecule has 10 heteroatoms. The number of thiazole rings is 1. The number of aromatic nitrogens is 5. The van der Waals surface area contributed by atoms with Crippen LogP contribution in [0.5, 0.6) is 0 Å². The molecule has 1 atom stereocenters. The van der Waals surface area contributed by atoms with E-state index in [2.05, 4.69) is 20.5 Å². The van der Waals surface area contributed by atoms with Gasteiger partial charge in [0.2, 0.25) is 0 Å². The van der Waals surface area contributed by atoms with Crippen LogP contribution >= 0.6 is 11.3 Å². The molecule has 3 heterocycles. The average molecular weight is 362 g/mol. The van der Waals surface area contributed by atoms with Crippen molar-refractivity contribution in [1.82, 2.24) is 29.5 Å². The van der Waals surface area contributed by atoms with Crippen LogP contribution in [0.15, 0.2) is 28.8 Å². The third-order valence-electron chi connectivity index (χ3n) is 3.68. The second-order valence-electron chi connectivity index (χ2n) is 5.46. The summed E-state index contributed by atoms with van der Waals surface area (Å²) < 4.78 is 8.52. The number of carbonyl (C=O) groups excluding carboxylic acids is 1. The third-order valence-corrected chi connectivity index (χ3v) is 4.43. The molecule has 3 aromatic heterocycles. The molecule has 0 saturated carbocycles. The maximum absolute atomic E-state index is 12.6. The zero-order valence-corrected chi connectivity index (χ0v) is 14.7. The summed E-state index contributed by atoms with van der Waals surface area (Å²) in [7, 11) is 1.65. The lowest BCUT2D eigenvalue weighted by atomic mass is 10.2. The van der Waals surface area contributed by atoms with Gasteiger partial charge in [0, 0.05) is 37.9 Å². The van der Waals surface area contributed by atoms with Gasteiger partial charge >= 0.3 is 0 Å². The van der Waals surface area contributed by atoms with E-state index in [0.717, 1.165) is 6.42 Å². The van der Waals surface area contributed by atoms with E-state index in [1.807, 2.05) is 11.5 Å². The molecule has 0 spiro atoms. The van der Waals surface area contributed by atoms with Crippen LogP contribution in [0.4, 0.5) is 0 Å². The molecule has 9 nitrogen and oxygen atoms in total. The van der Waals surface area contributed by atoms with E-state index in [4.69, 9.17) is 4.74 Å². The normalized spacial score (nSPS) is 12.4. The average Bonchev–Trinajstić information content (AvgIpc) is 3.23. The van der Waals surface area contributed by atoms with Crippen molar-refractivity contribution < 1.29 is 9.53 Å². The van der Waals surface area contributed by atoms with Crippen molar-refractivity contribution in [2.45, 2.75) is 25.9 Å². The molecule has 3 rings (SSSR count). The lowest BCUT2D eigenvalue weighted by molar-refractivity contribution is 0.0930. The molecule has 0 aliphatic heterocycles. The van der Waals surface area contributed by atoms with E-state index in [1.165, 1.54) is 17.4 Å². The minimum Gasteiger partial charge on any atom is -0.385 e. The van der Waals surface area contributed by atoms with Crippen LogP contribution in [0.1, 0.15) is 35.7 Å². The highest BCUT2D eigenvalue weighted by Crippen LogP contribution is 2.13.